The van der Waals surface area contributed by atoms with Gasteiger partial charge in [0.2, 0.25) is 0 Å². The first-order valence-electron chi connectivity index (χ1n) is 7.57. The predicted molar refractivity (Wildman–Crippen MR) is 92.1 cm³/mol. The van der Waals surface area contributed by atoms with E-state index in [1.807, 2.05) is 0 Å². The Labute approximate surface area is 145 Å². The molecule has 0 aromatic heterocycles. The number of carbonyl (C=O) groups excluding carboxylic acids is 3. The zero-order valence-electron chi connectivity index (χ0n) is 14.8. The van der Waals surface area contributed by atoms with Crippen LogP contribution in [0.3, 0.4) is 0 Å². The Kier molecular flexibility index (Phi) is 6.92. The highest BCUT2D eigenvalue weighted by molar-refractivity contribution is 6.02. The van der Waals surface area contributed by atoms with Crippen molar-refractivity contribution < 1.29 is 23.9 Å². The molecule has 0 radical (unpaired) electrons. The van der Waals surface area contributed by atoms with E-state index in [-0.39, 0.29) is 17.5 Å². The van der Waals surface area contributed by atoms with Gasteiger partial charge in [0.15, 0.2) is 17.5 Å². The summed E-state index contributed by atoms with van der Waals surface area (Å²) in [6, 6.07) is 0.851. The number of urea groups is 1. The second kappa shape index (κ2) is 8.67. The Hall–Kier alpha value is -3.10. The highest BCUT2D eigenvalue weighted by Gasteiger charge is 2.20. The lowest BCUT2D eigenvalue weighted by molar-refractivity contribution is -0.134. The van der Waals surface area contributed by atoms with Crippen LogP contribution in [-0.4, -0.2) is 30.5 Å². The number of hydrogen-bond donors (Lipinski definition) is 4. The number of rotatable bonds is 4. The van der Waals surface area contributed by atoms with Gasteiger partial charge < -0.3 is 20.1 Å². The molecule has 1 rings (SSSR count). The van der Waals surface area contributed by atoms with Crippen molar-refractivity contribution in [3.8, 4) is 11.5 Å². The number of aryl methyl sites for hydroxylation is 1. The average molecular weight is 350 g/mol. The molecule has 136 valence electrons. The molecule has 0 aliphatic heterocycles. The molecule has 9 nitrogen and oxygen atoms in total. The second-order valence-electron chi connectivity index (χ2n) is 5.19. The van der Waals surface area contributed by atoms with Crippen LogP contribution >= 0.6 is 0 Å². The lowest BCUT2D eigenvalue weighted by atomic mass is 10.1. The topological polar surface area (TPSA) is 130 Å². The molecule has 25 heavy (non-hydrogen) atoms. The number of carbonyl (C=O) groups is 3. The molecule has 1 aromatic rings. The molecule has 9 heteroatoms. The van der Waals surface area contributed by atoms with Gasteiger partial charge in [0, 0.05) is 26.0 Å². The van der Waals surface area contributed by atoms with Gasteiger partial charge in [-0.2, -0.15) is 0 Å². The third-order valence-electron chi connectivity index (χ3n) is 3.01. The first-order chi connectivity index (χ1) is 11.6. The zero-order chi connectivity index (χ0) is 19.1. The molecule has 1 aromatic carbocycles. The summed E-state index contributed by atoms with van der Waals surface area (Å²) in [4.78, 5) is 34.6. The van der Waals surface area contributed by atoms with Gasteiger partial charge in [0.05, 0.1) is 5.69 Å². The fourth-order valence-corrected chi connectivity index (χ4v) is 2.10. The standard InChI is InChI=1S/C16H22N4O5/c1-6-18-15(17)20-16(23)19-13-8(2)7-12(24-10(4)21)14(9(13)3)25-11(5)22/h7H,6H2,1-5H3,(H4,17,18,19,20,23). The van der Waals surface area contributed by atoms with Crippen molar-refractivity contribution in [3.63, 3.8) is 0 Å². The van der Waals surface area contributed by atoms with Crippen molar-refractivity contribution in [1.29, 1.82) is 5.41 Å². The van der Waals surface area contributed by atoms with Gasteiger partial charge in [-0.25, -0.2) is 4.79 Å². The second-order valence-corrected chi connectivity index (χ2v) is 5.19. The Bertz CT molecular complexity index is 715. The summed E-state index contributed by atoms with van der Waals surface area (Å²) < 4.78 is 10.2. The number of guanidine groups is 1. The summed E-state index contributed by atoms with van der Waals surface area (Å²) in [6.07, 6.45) is 0. The number of anilines is 1. The Morgan fingerprint density at radius 2 is 1.72 bits per heavy atom. The van der Waals surface area contributed by atoms with E-state index in [0.717, 1.165) is 0 Å². The van der Waals surface area contributed by atoms with Crippen LogP contribution in [0.5, 0.6) is 11.5 Å². The molecule has 0 spiro atoms. The molecule has 4 N–H and O–H groups in total. The third-order valence-corrected chi connectivity index (χ3v) is 3.01. The summed E-state index contributed by atoms with van der Waals surface area (Å²) in [6.45, 7) is 8.04. The number of ether oxygens (including phenoxy) is 2. The quantitative estimate of drug-likeness (QED) is 0.284. The van der Waals surface area contributed by atoms with Crippen LogP contribution in [0.15, 0.2) is 6.07 Å². The average Bonchev–Trinajstić information content (AvgIpc) is 2.47. The number of benzene rings is 1. The minimum absolute atomic E-state index is 0.0466. The molecule has 0 saturated heterocycles. The van der Waals surface area contributed by atoms with Gasteiger partial charge in [-0.3, -0.25) is 20.3 Å². The molecule has 0 bridgehead atoms. The van der Waals surface area contributed by atoms with Crippen LogP contribution in [0.2, 0.25) is 0 Å². The van der Waals surface area contributed by atoms with Crippen LogP contribution < -0.4 is 25.4 Å². The van der Waals surface area contributed by atoms with Crippen LogP contribution in [0, 0.1) is 19.3 Å². The molecule has 0 saturated carbocycles. The minimum atomic E-state index is -0.633. The van der Waals surface area contributed by atoms with Crippen molar-refractivity contribution >= 4 is 29.6 Å². The van der Waals surface area contributed by atoms with Crippen LogP contribution in [0.4, 0.5) is 10.5 Å². The molecule has 0 aliphatic carbocycles. The van der Waals surface area contributed by atoms with E-state index < -0.39 is 18.0 Å². The fraction of sp³-hybridized carbons (Fsp3) is 0.375. The minimum Gasteiger partial charge on any atom is -0.423 e. The molecular formula is C16H22N4O5. The van der Waals surface area contributed by atoms with Gasteiger partial charge in [-0.05, 0) is 32.4 Å². The van der Waals surface area contributed by atoms with E-state index in [1.54, 1.807) is 20.8 Å². The van der Waals surface area contributed by atoms with Crippen molar-refractivity contribution in [2.75, 3.05) is 11.9 Å². The third kappa shape index (κ3) is 5.79. The van der Waals surface area contributed by atoms with Gasteiger partial charge in [-0.1, -0.05) is 0 Å². The SMILES string of the molecule is CCNC(=N)NC(=O)Nc1c(C)cc(OC(C)=O)c(OC(C)=O)c1C. The summed E-state index contributed by atoms with van der Waals surface area (Å²) in [5.74, 6) is -1.17. The molecular weight excluding hydrogens is 328 g/mol. The van der Waals surface area contributed by atoms with Crippen molar-refractivity contribution in [3.05, 3.63) is 17.2 Å². The molecule has 0 heterocycles. The lowest BCUT2D eigenvalue weighted by Gasteiger charge is -2.18. The number of amides is 2. The molecule has 0 fully saturated rings. The van der Waals surface area contributed by atoms with Crippen LogP contribution in [-0.2, 0) is 9.59 Å². The van der Waals surface area contributed by atoms with Crippen LogP contribution in [0.25, 0.3) is 0 Å². The van der Waals surface area contributed by atoms with E-state index >= 15 is 0 Å². The van der Waals surface area contributed by atoms with E-state index in [9.17, 15) is 14.4 Å². The van der Waals surface area contributed by atoms with Gasteiger partial charge in [-0.15, -0.1) is 0 Å². The number of nitrogens with one attached hydrogen (secondary N) is 4. The maximum Gasteiger partial charge on any atom is 0.326 e. The summed E-state index contributed by atoms with van der Waals surface area (Å²) in [5, 5.41) is 15.1. The molecule has 2 amide bonds. The summed E-state index contributed by atoms with van der Waals surface area (Å²) >= 11 is 0. The monoisotopic (exact) mass is 350 g/mol. The maximum absolute atomic E-state index is 12.0. The zero-order valence-corrected chi connectivity index (χ0v) is 14.8. The fourth-order valence-electron chi connectivity index (χ4n) is 2.10. The van der Waals surface area contributed by atoms with E-state index in [4.69, 9.17) is 14.9 Å². The normalized spacial score (nSPS) is 9.80. The first-order valence-corrected chi connectivity index (χ1v) is 7.57. The lowest BCUT2D eigenvalue weighted by Crippen LogP contribution is -2.42. The van der Waals surface area contributed by atoms with Crippen molar-refractivity contribution in [1.82, 2.24) is 10.6 Å². The summed E-state index contributed by atoms with van der Waals surface area (Å²) in [7, 11) is 0. The first kappa shape index (κ1) is 19.9. The predicted octanol–water partition coefficient (Wildman–Crippen LogP) is 1.82. The van der Waals surface area contributed by atoms with Gasteiger partial charge >= 0.3 is 18.0 Å². The van der Waals surface area contributed by atoms with Crippen molar-refractivity contribution in [2.24, 2.45) is 0 Å². The van der Waals surface area contributed by atoms with Crippen LogP contribution in [0.1, 0.15) is 31.9 Å². The number of hydrogen-bond acceptors (Lipinski definition) is 6. The Morgan fingerprint density at radius 1 is 1.12 bits per heavy atom. The van der Waals surface area contributed by atoms with Gasteiger partial charge in [0.1, 0.15) is 0 Å². The molecule has 0 atom stereocenters. The Morgan fingerprint density at radius 3 is 2.24 bits per heavy atom. The Balaban J connectivity index is 3.19. The van der Waals surface area contributed by atoms with E-state index in [2.05, 4.69) is 16.0 Å². The highest BCUT2D eigenvalue weighted by Crippen LogP contribution is 2.38. The van der Waals surface area contributed by atoms with E-state index in [0.29, 0.717) is 23.4 Å². The molecule has 0 aliphatic rings. The highest BCUT2D eigenvalue weighted by atomic mass is 16.6. The van der Waals surface area contributed by atoms with Crippen molar-refractivity contribution in [2.45, 2.75) is 34.6 Å². The maximum atomic E-state index is 12.0. The smallest absolute Gasteiger partial charge is 0.326 e. The molecule has 0 unspecified atom stereocenters. The number of esters is 2. The largest absolute Gasteiger partial charge is 0.423 e. The van der Waals surface area contributed by atoms with E-state index in [1.165, 1.54) is 19.9 Å². The van der Waals surface area contributed by atoms with Gasteiger partial charge in [0.25, 0.3) is 0 Å². The summed E-state index contributed by atoms with van der Waals surface area (Å²) in [5.41, 5.74) is 1.39.